The molecule has 9 aromatic carbocycles. The molecule has 0 fully saturated rings. The second-order valence-corrected chi connectivity index (χ2v) is 13.3. The van der Waals surface area contributed by atoms with Crippen molar-refractivity contribution in [2.24, 2.45) is 0 Å². The number of rotatable bonds is 4. The lowest BCUT2D eigenvalue weighted by Crippen LogP contribution is -2.19. The van der Waals surface area contributed by atoms with E-state index in [2.05, 4.69) is 140 Å². The summed E-state index contributed by atoms with van der Waals surface area (Å²) in [7, 11) is 0. The summed E-state index contributed by atoms with van der Waals surface area (Å²) in [6.45, 7) is 0. The van der Waals surface area contributed by atoms with Gasteiger partial charge in [0.1, 0.15) is 0 Å². The van der Waals surface area contributed by atoms with Crippen LogP contribution in [0.5, 0.6) is 0 Å². The quantitative estimate of drug-likeness (QED) is 0.174. The molecule has 0 unspecified atom stereocenters. The molecule has 10 aromatic rings. The lowest BCUT2D eigenvalue weighted by Gasteiger charge is -2.15. The first-order valence-corrected chi connectivity index (χ1v) is 17.4. The van der Waals surface area contributed by atoms with Crippen LogP contribution in [0, 0.1) is 0 Å². The highest BCUT2D eigenvalue weighted by Gasteiger charge is 2.15. The van der Waals surface area contributed by atoms with E-state index >= 15 is 0 Å². The largest absolute Gasteiger partial charge is 0.276 e. The van der Waals surface area contributed by atoms with Gasteiger partial charge in [-0.3, -0.25) is 9.36 Å². The summed E-state index contributed by atoms with van der Waals surface area (Å²) in [4.78, 5) is 14.1. The summed E-state index contributed by atoms with van der Waals surface area (Å²) in [6, 6.07) is 66.1. The second kappa shape index (κ2) is 11.7. The Morgan fingerprint density at radius 2 is 0.686 bits per heavy atom. The van der Waals surface area contributed by atoms with E-state index in [1.165, 1.54) is 43.4 Å². The number of fused-ring (bicyclic) bond motifs is 9. The molecule has 51 heavy (non-hydrogen) atoms. The Morgan fingerprint density at radius 3 is 1.31 bits per heavy atom. The maximum absolute atomic E-state index is 14.1. The zero-order chi connectivity index (χ0) is 33.9. The van der Waals surface area contributed by atoms with Gasteiger partial charge in [-0.05, 0) is 114 Å². The monoisotopic (exact) mass is 649 g/mol. The Morgan fingerprint density at radius 1 is 0.275 bits per heavy atom. The molecular formula is C49H31NO. The predicted molar refractivity (Wildman–Crippen MR) is 216 cm³/mol. The first kappa shape index (κ1) is 29.2. The molecular weight excluding hydrogens is 619 g/mol. The van der Waals surface area contributed by atoms with E-state index in [1.807, 2.05) is 53.1 Å². The summed E-state index contributed by atoms with van der Waals surface area (Å²) in [5.74, 6) is 0. The zero-order valence-corrected chi connectivity index (χ0v) is 27.8. The molecule has 0 atom stereocenters. The lowest BCUT2D eigenvalue weighted by molar-refractivity contribution is 1.06. The van der Waals surface area contributed by atoms with Crippen molar-refractivity contribution < 1.29 is 0 Å². The Hall–Kier alpha value is -6.77. The van der Waals surface area contributed by atoms with Gasteiger partial charge in [0.15, 0.2) is 0 Å². The molecule has 1 aromatic heterocycles. The predicted octanol–water partition coefficient (Wildman–Crippen LogP) is 12.6. The van der Waals surface area contributed by atoms with Crippen LogP contribution in [0.4, 0.5) is 0 Å². The van der Waals surface area contributed by atoms with Crippen LogP contribution in [0.1, 0.15) is 0 Å². The van der Waals surface area contributed by atoms with Gasteiger partial charge in [-0.15, -0.1) is 0 Å². The number of hydrogen-bond donors (Lipinski definition) is 0. The van der Waals surface area contributed by atoms with Gasteiger partial charge in [0, 0.05) is 16.5 Å². The van der Waals surface area contributed by atoms with Gasteiger partial charge in [0.05, 0.1) is 5.52 Å². The molecule has 0 aliphatic rings. The van der Waals surface area contributed by atoms with Gasteiger partial charge in [-0.1, -0.05) is 146 Å². The third kappa shape index (κ3) is 4.76. The van der Waals surface area contributed by atoms with Crippen LogP contribution in [0.3, 0.4) is 0 Å². The van der Waals surface area contributed by atoms with Crippen molar-refractivity contribution in [3.8, 4) is 39.1 Å². The van der Waals surface area contributed by atoms with Crippen LogP contribution in [0.2, 0.25) is 0 Å². The van der Waals surface area contributed by atoms with E-state index in [0.29, 0.717) is 5.39 Å². The molecule has 0 amide bonds. The highest BCUT2D eigenvalue weighted by molar-refractivity contribution is 6.25. The standard InChI is InChI=1S/C49H31NO/c51-49-45-20-9-8-19-43(45)47-31-37(24-28-48(47)50(49)38-25-21-33(22-26-38)32-11-2-1-3-12-32)35-14-10-13-34(29-35)36-23-27-44-41-17-5-4-15-39(41)40-16-6-7-18-42(40)46(44)30-36/h1-31H. The van der Waals surface area contributed by atoms with Gasteiger partial charge >= 0.3 is 0 Å². The third-order valence-corrected chi connectivity index (χ3v) is 10.4. The Bertz CT molecular complexity index is 2990. The van der Waals surface area contributed by atoms with Crippen LogP contribution in [0.15, 0.2) is 193 Å². The number of aromatic nitrogens is 1. The maximum atomic E-state index is 14.1. The van der Waals surface area contributed by atoms with E-state index in [-0.39, 0.29) is 5.56 Å². The van der Waals surface area contributed by atoms with Crippen molar-refractivity contribution in [2.75, 3.05) is 0 Å². The molecule has 2 nitrogen and oxygen atoms in total. The first-order chi connectivity index (χ1) is 25.2. The molecule has 238 valence electrons. The molecule has 2 heteroatoms. The van der Waals surface area contributed by atoms with Crippen molar-refractivity contribution in [3.63, 3.8) is 0 Å². The van der Waals surface area contributed by atoms with E-state index in [1.54, 1.807) is 0 Å². The summed E-state index contributed by atoms with van der Waals surface area (Å²) in [5, 5.41) is 10.4. The molecule has 0 radical (unpaired) electrons. The molecule has 0 aliphatic carbocycles. The highest BCUT2D eigenvalue weighted by atomic mass is 16.1. The molecule has 0 saturated heterocycles. The maximum Gasteiger partial charge on any atom is 0.263 e. The fourth-order valence-electron chi connectivity index (χ4n) is 7.92. The van der Waals surface area contributed by atoms with Crippen molar-refractivity contribution in [1.82, 2.24) is 4.57 Å². The smallest absolute Gasteiger partial charge is 0.263 e. The Balaban J connectivity index is 1.11. The SMILES string of the molecule is O=c1c2ccccc2c2cc(-c3cccc(-c4ccc5c6ccccc6c6ccccc6c5c4)c3)ccc2n1-c1ccc(-c2ccccc2)cc1. The fourth-order valence-corrected chi connectivity index (χ4v) is 7.92. The van der Waals surface area contributed by atoms with Crippen molar-refractivity contribution in [3.05, 3.63) is 198 Å². The average molecular weight is 650 g/mol. The van der Waals surface area contributed by atoms with E-state index in [9.17, 15) is 4.79 Å². The van der Waals surface area contributed by atoms with E-state index in [0.717, 1.165) is 44.2 Å². The lowest BCUT2D eigenvalue weighted by atomic mass is 9.91. The number of pyridine rings is 1. The average Bonchev–Trinajstić information content (AvgIpc) is 3.21. The molecule has 0 aliphatic heterocycles. The molecule has 1 heterocycles. The minimum absolute atomic E-state index is 0.0167. The van der Waals surface area contributed by atoms with E-state index in [4.69, 9.17) is 0 Å². The first-order valence-electron chi connectivity index (χ1n) is 17.4. The molecule has 0 N–H and O–H groups in total. The minimum atomic E-state index is -0.0167. The molecule has 0 spiro atoms. The highest BCUT2D eigenvalue weighted by Crippen LogP contribution is 2.38. The molecule has 0 saturated carbocycles. The van der Waals surface area contributed by atoms with Gasteiger partial charge in [0.2, 0.25) is 0 Å². The number of benzene rings is 9. The van der Waals surface area contributed by atoms with Crippen molar-refractivity contribution in [2.45, 2.75) is 0 Å². The summed E-state index contributed by atoms with van der Waals surface area (Å²) < 4.78 is 1.86. The summed E-state index contributed by atoms with van der Waals surface area (Å²) in [6.07, 6.45) is 0. The van der Waals surface area contributed by atoms with Crippen LogP contribution in [0.25, 0.3) is 93.1 Å². The van der Waals surface area contributed by atoms with Crippen LogP contribution in [-0.2, 0) is 0 Å². The van der Waals surface area contributed by atoms with Crippen LogP contribution < -0.4 is 5.56 Å². The Kier molecular flexibility index (Phi) is 6.68. The second-order valence-electron chi connectivity index (χ2n) is 13.3. The van der Waals surface area contributed by atoms with Gasteiger partial charge < -0.3 is 0 Å². The number of nitrogens with zero attached hydrogens (tertiary/aromatic N) is 1. The zero-order valence-electron chi connectivity index (χ0n) is 27.8. The summed E-state index contributed by atoms with van der Waals surface area (Å²) >= 11 is 0. The van der Waals surface area contributed by atoms with Gasteiger partial charge in [-0.25, -0.2) is 0 Å². The third-order valence-electron chi connectivity index (χ3n) is 10.4. The van der Waals surface area contributed by atoms with Gasteiger partial charge in [-0.2, -0.15) is 0 Å². The van der Waals surface area contributed by atoms with Gasteiger partial charge in [0.25, 0.3) is 5.56 Å². The molecule has 0 bridgehead atoms. The Labute approximate surface area is 295 Å². The topological polar surface area (TPSA) is 22.0 Å². The van der Waals surface area contributed by atoms with E-state index < -0.39 is 0 Å². The number of hydrogen-bond acceptors (Lipinski definition) is 1. The van der Waals surface area contributed by atoms with Crippen LogP contribution >= 0.6 is 0 Å². The van der Waals surface area contributed by atoms with Crippen molar-refractivity contribution in [1.29, 1.82) is 0 Å². The summed E-state index contributed by atoms with van der Waals surface area (Å²) in [5.41, 5.74) is 8.58. The molecule has 10 rings (SSSR count). The normalized spacial score (nSPS) is 11.6. The fraction of sp³-hybridized carbons (Fsp3) is 0. The van der Waals surface area contributed by atoms with Crippen molar-refractivity contribution >= 4 is 54.0 Å². The minimum Gasteiger partial charge on any atom is -0.276 e. The van der Waals surface area contributed by atoms with Crippen LogP contribution in [-0.4, -0.2) is 4.57 Å².